The summed E-state index contributed by atoms with van der Waals surface area (Å²) in [5.41, 5.74) is 5.72. The quantitative estimate of drug-likeness (QED) is 0.270. The van der Waals surface area contributed by atoms with Crippen molar-refractivity contribution in [3.8, 4) is 0 Å². The molecule has 0 bridgehead atoms. The number of esters is 1. The Morgan fingerprint density at radius 2 is 2.15 bits per heavy atom. The van der Waals surface area contributed by atoms with Gasteiger partial charge in [-0.05, 0) is 6.92 Å². The molecule has 1 unspecified atom stereocenters. The summed E-state index contributed by atoms with van der Waals surface area (Å²) in [6, 6.07) is -1.33. The zero-order valence-electron chi connectivity index (χ0n) is 11.4. The fourth-order valence-electron chi connectivity index (χ4n) is 2.45. The van der Waals surface area contributed by atoms with Crippen LogP contribution in [0.2, 0.25) is 0 Å². The highest BCUT2D eigenvalue weighted by Crippen LogP contribution is 2.30. The van der Waals surface area contributed by atoms with Crippen LogP contribution in [-0.2, 0) is 14.3 Å². The Kier molecular flexibility index (Phi) is 5.78. The molecule has 0 spiro atoms. The van der Waals surface area contributed by atoms with Crippen LogP contribution in [0.5, 0.6) is 0 Å². The van der Waals surface area contributed by atoms with Crippen LogP contribution in [0.25, 0.3) is 0 Å². The fourth-order valence-corrected chi connectivity index (χ4v) is 2.81. The van der Waals surface area contributed by atoms with E-state index in [1.807, 2.05) is 0 Å². The molecule has 2 amide bonds. The third-order valence-electron chi connectivity index (χ3n) is 3.46. The molecule has 112 valence electrons. The number of nitroso groups, excluding NO2 is 1. The molecule has 0 radical (unpaired) electrons. The molecular formula is C11H18N3O5S+. The van der Waals surface area contributed by atoms with Crippen LogP contribution in [-0.4, -0.2) is 46.8 Å². The molecule has 0 aliphatic carbocycles. The Morgan fingerprint density at radius 3 is 2.60 bits per heavy atom. The van der Waals surface area contributed by atoms with Gasteiger partial charge in [-0.25, -0.2) is 4.79 Å². The summed E-state index contributed by atoms with van der Waals surface area (Å²) >= 11 is 0.623. The van der Waals surface area contributed by atoms with Gasteiger partial charge in [-0.2, -0.15) is 9.28 Å². The van der Waals surface area contributed by atoms with Crippen molar-refractivity contribution < 1.29 is 23.6 Å². The van der Waals surface area contributed by atoms with Crippen LogP contribution in [0.15, 0.2) is 4.58 Å². The first kappa shape index (κ1) is 16.7. The van der Waals surface area contributed by atoms with Crippen LogP contribution >= 0.6 is 11.9 Å². The van der Waals surface area contributed by atoms with Crippen LogP contribution in [0.4, 0.5) is 4.79 Å². The van der Waals surface area contributed by atoms with Gasteiger partial charge >= 0.3 is 18.0 Å². The van der Waals surface area contributed by atoms with Gasteiger partial charge < -0.3 is 10.5 Å². The number of hydrogen-bond donors (Lipinski definition) is 1. The number of hydrogen-bond acceptors (Lipinski definition) is 8. The maximum Gasteiger partial charge on any atom is 0.531 e. The fraction of sp³-hybridized carbons (Fsp3) is 0.727. The van der Waals surface area contributed by atoms with Crippen molar-refractivity contribution in [1.29, 1.82) is 0 Å². The van der Waals surface area contributed by atoms with Gasteiger partial charge in [0, 0.05) is 42.0 Å². The number of quaternary nitrogens is 1. The number of likely N-dealkylation sites (tertiary alicyclic amines) is 1. The molecule has 1 aliphatic heterocycles. The van der Waals surface area contributed by atoms with Crippen molar-refractivity contribution >= 4 is 29.9 Å². The van der Waals surface area contributed by atoms with Crippen LogP contribution in [0.1, 0.15) is 26.7 Å². The zero-order valence-corrected chi connectivity index (χ0v) is 12.2. The minimum absolute atomic E-state index is 0.0115. The molecule has 9 heteroatoms. The van der Waals surface area contributed by atoms with E-state index >= 15 is 0 Å². The normalized spacial score (nSPS) is 26.9. The van der Waals surface area contributed by atoms with Crippen LogP contribution in [0.3, 0.4) is 0 Å². The number of ether oxygens (including phenoxy) is 1. The molecule has 1 heterocycles. The van der Waals surface area contributed by atoms with Gasteiger partial charge in [-0.3, -0.25) is 4.79 Å². The highest BCUT2D eigenvalue weighted by molar-refractivity contribution is 7.97. The molecule has 1 fully saturated rings. The SMILES string of the molecule is CC(=O)OC(=O)[N+]1(C(=O)[C@H](N)CSN=O)CCC[C@H]1C. The minimum Gasteiger partial charge on any atom is -0.346 e. The number of nitrogens with two attached hydrogens (primary N) is 1. The zero-order chi connectivity index (χ0) is 15.3. The van der Waals surface area contributed by atoms with Crippen molar-refractivity contribution in [3.05, 3.63) is 4.91 Å². The van der Waals surface area contributed by atoms with Gasteiger partial charge in [0.1, 0.15) is 12.1 Å². The molecular weight excluding hydrogens is 286 g/mol. The lowest BCUT2D eigenvalue weighted by molar-refractivity contribution is -0.792. The average Bonchev–Trinajstić information content (AvgIpc) is 2.77. The summed E-state index contributed by atoms with van der Waals surface area (Å²) in [6.45, 7) is 3.09. The Bertz CT molecular complexity index is 430. The topological polar surface area (TPSA) is 116 Å². The summed E-state index contributed by atoms with van der Waals surface area (Å²) < 4.78 is 6.59. The third kappa shape index (κ3) is 3.22. The van der Waals surface area contributed by atoms with Gasteiger partial charge in [0.2, 0.25) is 0 Å². The molecule has 0 aromatic rings. The first-order valence-electron chi connectivity index (χ1n) is 6.21. The van der Waals surface area contributed by atoms with Crippen molar-refractivity contribution in [1.82, 2.24) is 0 Å². The van der Waals surface area contributed by atoms with Crippen molar-refractivity contribution in [3.63, 3.8) is 0 Å². The second kappa shape index (κ2) is 6.91. The monoisotopic (exact) mass is 304 g/mol. The van der Waals surface area contributed by atoms with Crippen molar-refractivity contribution in [2.75, 3.05) is 12.3 Å². The van der Waals surface area contributed by atoms with E-state index in [-0.39, 0.29) is 18.3 Å². The van der Waals surface area contributed by atoms with E-state index in [0.717, 1.165) is 6.92 Å². The predicted molar refractivity (Wildman–Crippen MR) is 72.2 cm³/mol. The Morgan fingerprint density at radius 1 is 1.50 bits per heavy atom. The summed E-state index contributed by atoms with van der Waals surface area (Å²) in [5.74, 6) is -1.32. The van der Waals surface area contributed by atoms with E-state index < -0.39 is 28.5 Å². The Labute approximate surface area is 120 Å². The number of amides is 2. The molecule has 1 saturated heterocycles. The van der Waals surface area contributed by atoms with E-state index in [2.05, 4.69) is 9.32 Å². The lowest BCUT2D eigenvalue weighted by Gasteiger charge is -2.32. The highest BCUT2D eigenvalue weighted by Gasteiger charge is 2.56. The largest absolute Gasteiger partial charge is 0.531 e. The number of carbonyl (C=O) groups is 3. The molecule has 1 rings (SSSR count). The van der Waals surface area contributed by atoms with E-state index in [1.165, 1.54) is 0 Å². The Hall–Kier alpha value is -1.32. The van der Waals surface area contributed by atoms with Crippen LogP contribution < -0.4 is 5.73 Å². The molecule has 20 heavy (non-hydrogen) atoms. The standard InChI is InChI=1S/C11H18N3O5S/c1-7-4-3-5-14(7,11(17)19-8(2)15)10(16)9(12)6-20-13-18/h7,9H,3-6,12H2,1-2H3/q+1/t7-,9-,14?/m1/s1. The molecule has 0 aromatic carbocycles. The summed E-state index contributed by atoms with van der Waals surface area (Å²) in [6.07, 6.45) is 0.419. The van der Waals surface area contributed by atoms with Crippen molar-refractivity contribution in [2.24, 2.45) is 10.3 Å². The second-order valence-corrected chi connectivity index (χ2v) is 5.50. The van der Waals surface area contributed by atoms with E-state index in [0.29, 0.717) is 24.8 Å². The minimum atomic E-state index is -1.02. The first-order valence-corrected chi connectivity index (χ1v) is 7.15. The molecule has 1 aliphatic rings. The average molecular weight is 304 g/mol. The Balaban J connectivity index is 3.00. The molecule has 0 saturated carbocycles. The van der Waals surface area contributed by atoms with Crippen molar-refractivity contribution in [2.45, 2.75) is 38.8 Å². The summed E-state index contributed by atoms with van der Waals surface area (Å²) in [5, 5.41) is 0. The lowest BCUT2D eigenvalue weighted by atomic mass is 10.2. The van der Waals surface area contributed by atoms with Gasteiger partial charge in [-0.1, -0.05) is 0 Å². The molecule has 0 aromatic heterocycles. The lowest BCUT2D eigenvalue weighted by Crippen LogP contribution is -2.64. The number of carbonyl (C=O) groups excluding carboxylic acids is 3. The van der Waals surface area contributed by atoms with Gasteiger partial charge in [0.05, 0.1) is 6.54 Å². The third-order valence-corrected chi connectivity index (χ3v) is 4.07. The van der Waals surface area contributed by atoms with Gasteiger partial charge in [0.15, 0.2) is 0 Å². The van der Waals surface area contributed by atoms with Crippen LogP contribution in [0, 0.1) is 4.91 Å². The van der Waals surface area contributed by atoms with Gasteiger partial charge in [0.25, 0.3) is 0 Å². The number of rotatable bonds is 4. The molecule has 2 N–H and O–H groups in total. The molecule has 8 nitrogen and oxygen atoms in total. The van der Waals surface area contributed by atoms with E-state index in [9.17, 15) is 19.3 Å². The number of imide groups is 1. The maximum absolute atomic E-state index is 12.5. The molecule has 3 atom stereocenters. The van der Waals surface area contributed by atoms with Gasteiger partial charge in [-0.15, -0.1) is 4.91 Å². The number of nitrogens with zero attached hydrogens (tertiary/aromatic N) is 2. The first-order chi connectivity index (χ1) is 9.36. The van der Waals surface area contributed by atoms with E-state index in [1.54, 1.807) is 6.92 Å². The smallest absolute Gasteiger partial charge is 0.346 e. The summed E-state index contributed by atoms with van der Waals surface area (Å²) in [4.78, 5) is 45.7. The predicted octanol–water partition coefficient (Wildman–Crippen LogP) is 0.937. The van der Waals surface area contributed by atoms with E-state index in [4.69, 9.17) is 5.73 Å². The summed E-state index contributed by atoms with van der Waals surface area (Å²) in [7, 11) is 0. The highest BCUT2D eigenvalue weighted by atomic mass is 32.2. The second-order valence-electron chi connectivity index (χ2n) is 4.76. The maximum atomic E-state index is 12.5.